The van der Waals surface area contributed by atoms with Gasteiger partial charge in [0.05, 0.1) is 0 Å². The van der Waals surface area contributed by atoms with E-state index in [2.05, 4.69) is 0 Å². The molecule has 8 heteroatoms. The Morgan fingerprint density at radius 1 is 1.12 bits per heavy atom. The predicted molar refractivity (Wildman–Crippen MR) is 16.2 cm³/mol. The normalized spacial score (nSPS) is 7.25. The van der Waals surface area contributed by atoms with Crippen molar-refractivity contribution in [3.63, 3.8) is 0 Å². The molecule has 0 aliphatic rings. The molecule has 0 aliphatic carbocycles. The van der Waals surface area contributed by atoms with Gasteiger partial charge in [0.25, 0.3) is 0 Å². The van der Waals surface area contributed by atoms with Crippen LogP contribution < -0.4 is 12.4 Å². The number of hydrogen-bond donors (Lipinski definition) is 0. The minimum absolute atomic E-state index is 0. The van der Waals surface area contributed by atoms with Gasteiger partial charge >= 0.3 is 57.2 Å². The molecule has 0 rings (SSSR count). The fourth-order valence-electron chi connectivity index (χ4n) is 0. The summed E-state index contributed by atoms with van der Waals surface area (Å²) in [4.78, 5) is 0. The molecule has 0 spiro atoms. The molecule has 0 aliphatic heterocycles. The van der Waals surface area contributed by atoms with E-state index in [4.69, 9.17) is 17.5 Å². The zero-order chi connectivity index (χ0) is 4.50. The van der Waals surface area contributed by atoms with E-state index < -0.39 is 10.4 Å². The van der Waals surface area contributed by atoms with E-state index in [1.807, 2.05) is 0 Å². The Hall–Kier alpha value is 2.04. The van der Waals surface area contributed by atoms with Crippen molar-refractivity contribution in [3.8, 4) is 0 Å². The predicted octanol–water partition coefficient (Wildman–Crippen LogP) is -4.72. The van der Waals surface area contributed by atoms with Crippen LogP contribution in [0.15, 0.2) is 0 Å². The van der Waals surface area contributed by atoms with Crippen LogP contribution in [0.1, 0.15) is 0 Å². The Kier molecular flexibility index (Phi) is 25.4. The van der Waals surface area contributed by atoms with Gasteiger partial charge < -0.3 is 21.5 Å². The van der Waals surface area contributed by atoms with Crippen LogP contribution in [0, 0.1) is 0 Å². The molecule has 0 N–H and O–H groups in total. The van der Waals surface area contributed by atoms with Crippen LogP contribution in [0.3, 0.4) is 0 Å². The first-order chi connectivity index (χ1) is 2.00. The van der Waals surface area contributed by atoms with E-state index in [1.165, 1.54) is 0 Å². The van der Waals surface area contributed by atoms with Crippen LogP contribution in [0.25, 0.3) is 0 Å². The van der Waals surface area contributed by atoms with E-state index in [-0.39, 0.29) is 69.6 Å². The molecule has 0 aromatic heterocycles. The molecule has 0 heterocycles. The van der Waals surface area contributed by atoms with Crippen molar-refractivity contribution in [2.24, 2.45) is 0 Å². The Labute approximate surface area is 96.2 Å². The quantitative estimate of drug-likeness (QED) is 0.241. The molecule has 0 bridgehead atoms. The second-order valence-corrected chi connectivity index (χ2v) is 1.22. The van der Waals surface area contributed by atoms with Gasteiger partial charge in [0.2, 0.25) is 0 Å². The molecule has 0 radical (unpaired) electrons. The molecule has 0 aromatic rings. The maximum absolute atomic E-state index is 8.52. The zero-order valence-corrected chi connectivity index (χ0v) is 10.6. The van der Waals surface area contributed by atoms with E-state index in [1.54, 1.807) is 0 Å². The SMILES string of the molecule is O=S(=O)([O-])[O-].[Ca+2].[Cl-].[Zn+2]. The fourth-order valence-corrected chi connectivity index (χ4v) is 0. The van der Waals surface area contributed by atoms with Gasteiger partial charge in [0.15, 0.2) is 0 Å². The van der Waals surface area contributed by atoms with Gasteiger partial charge in [-0.25, -0.2) is 0 Å². The van der Waals surface area contributed by atoms with E-state index in [0.717, 1.165) is 0 Å². The summed E-state index contributed by atoms with van der Waals surface area (Å²) in [6.07, 6.45) is 0. The fraction of sp³-hybridized carbons (Fsp3) is 0. The molecule has 40 valence electrons. The van der Waals surface area contributed by atoms with E-state index in [0.29, 0.717) is 0 Å². The van der Waals surface area contributed by atoms with Crippen LogP contribution in [0.5, 0.6) is 0 Å². The summed E-state index contributed by atoms with van der Waals surface area (Å²) in [5.74, 6) is 0. The standard InChI is InChI=1S/Ca.ClH.H2O4S.Zn/c;;1-5(2,3)4;/h;1H;(H2,1,2,3,4);/q+2;;;+2/p-3. The summed E-state index contributed by atoms with van der Waals surface area (Å²) in [7, 11) is -5.17. The van der Waals surface area contributed by atoms with E-state index in [9.17, 15) is 0 Å². The smallest absolute Gasteiger partial charge is 1.00 e. The third kappa shape index (κ3) is 95.6. The summed E-state index contributed by atoms with van der Waals surface area (Å²) < 4.78 is 34.1. The summed E-state index contributed by atoms with van der Waals surface area (Å²) in [5.41, 5.74) is 0. The van der Waals surface area contributed by atoms with Gasteiger partial charge in [0, 0.05) is 10.4 Å². The molecule has 0 atom stereocenters. The molecular formula is CaClO4SZn+. The average molecular weight is 237 g/mol. The van der Waals surface area contributed by atoms with Crippen LogP contribution in [-0.4, -0.2) is 55.3 Å². The van der Waals surface area contributed by atoms with Crippen molar-refractivity contribution >= 4 is 48.1 Å². The maximum atomic E-state index is 8.52. The number of rotatable bonds is 0. The topological polar surface area (TPSA) is 80.3 Å². The van der Waals surface area contributed by atoms with Gasteiger partial charge in [-0.15, -0.1) is 0 Å². The number of hydrogen-bond acceptors (Lipinski definition) is 4. The minimum atomic E-state index is -5.17. The molecule has 0 saturated carbocycles. The van der Waals surface area contributed by atoms with Crippen molar-refractivity contribution in [1.82, 2.24) is 0 Å². The van der Waals surface area contributed by atoms with Crippen molar-refractivity contribution in [3.05, 3.63) is 0 Å². The largest absolute Gasteiger partial charge is 2.00 e. The monoisotopic (exact) mass is 235 g/mol. The Morgan fingerprint density at radius 2 is 1.12 bits per heavy atom. The van der Waals surface area contributed by atoms with Crippen molar-refractivity contribution in [2.75, 3.05) is 0 Å². The van der Waals surface area contributed by atoms with E-state index >= 15 is 0 Å². The molecular weight excluding hydrogens is 237 g/mol. The molecule has 0 saturated heterocycles. The summed E-state index contributed by atoms with van der Waals surface area (Å²) in [6, 6.07) is 0. The molecule has 4 nitrogen and oxygen atoms in total. The molecule has 0 unspecified atom stereocenters. The third-order valence-corrected chi connectivity index (χ3v) is 0. The minimum Gasteiger partial charge on any atom is -1.00 e. The first kappa shape index (κ1) is 22.5. The van der Waals surface area contributed by atoms with Gasteiger partial charge in [-0.3, -0.25) is 8.42 Å². The van der Waals surface area contributed by atoms with Gasteiger partial charge in [0.1, 0.15) is 0 Å². The van der Waals surface area contributed by atoms with Crippen molar-refractivity contribution < 1.29 is 49.4 Å². The van der Waals surface area contributed by atoms with Crippen LogP contribution >= 0.6 is 0 Å². The number of halogens is 1. The van der Waals surface area contributed by atoms with Crippen LogP contribution in [0.2, 0.25) is 0 Å². The first-order valence-corrected chi connectivity index (χ1v) is 2.00. The Morgan fingerprint density at radius 3 is 1.12 bits per heavy atom. The summed E-state index contributed by atoms with van der Waals surface area (Å²) >= 11 is 0. The van der Waals surface area contributed by atoms with Gasteiger partial charge in [-0.2, -0.15) is 0 Å². The van der Waals surface area contributed by atoms with Crippen molar-refractivity contribution in [1.29, 1.82) is 0 Å². The molecule has 0 fully saturated rings. The first-order valence-electron chi connectivity index (χ1n) is 0.667. The average Bonchev–Trinajstić information content (AvgIpc) is 0.722. The van der Waals surface area contributed by atoms with Gasteiger partial charge in [-0.1, -0.05) is 0 Å². The third-order valence-electron chi connectivity index (χ3n) is 0. The van der Waals surface area contributed by atoms with Gasteiger partial charge in [-0.05, 0) is 0 Å². The Balaban J connectivity index is -0.0000000267. The molecule has 0 aromatic carbocycles. The summed E-state index contributed by atoms with van der Waals surface area (Å²) in [5, 5.41) is 0. The molecule has 8 heavy (non-hydrogen) atoms. The maximum Gasteiger partial charge on any atom is 2.00 e. The Bertz CT molecular complexity index is 99.2. The summed E-state index contributed by atoms with van der Waals surface area (Å²) in [6.45, 7) is 0. The van der Waals surface area contributed by atoms with Crippen LogP contribution in [-0.2, 0) is 29.9 Å². The van der Waals surface area contributed by atoms with Crippen LogP contribution in [0.4, 0.5) is 0 Å². The second-order valence-electron chi connectivity index (χ2n) is 0.408. The van der Waals surface area contributed by atoms with Crippen molar-refractivity contribution in [2.45, 2.75) is 0 Å². The molecule has 0 amide bonds. The zero-order valence-electron chi connectivity index (χ0n) is 3.83. The second kappa shape index (κ2) is 9.04.